The highest BCUT2D eigenvalue weighted by atomic mass is 16.5. The third-order valence-electron chi connectivity index (χ3n) is 3.69. The molecule has 0 spiro atoms. The van der Waals surface area contributed by atoms with Crippen LogP contribution in [0.15, 0.2) is 24.4 Å². The van der Waals surface area contributed by atoms with E-state index >= 15 is 0 Å². The van der Waals surface area contributed by atoms with Crippen molar-refractivity contribution in [1.82, 2.24) is 9.38 Å². The van der Waals surface area contributed by atoms with E-state index in [2.05, 4.69) is 16.4 Å². The van der Waals surface area contributed by atoms with Gasteiger partial charge in [-0.1, -0.05) is 6.07 Å². The summed E-state index contributed by atoms with van der Waals surface area (Å²) in [5.74, 6) is 0.676. The number of anilines is 1. The van der Waals surface area contributed by atoms with E-state index in [1.165, 1.54) is 0 Å². The quantitative estimate of drug-likeness (QED) is 0.914. The highest BCUT2D eigenvalue weighted by molar-refractivity contribution is 5.59. The lowest BCUT2D eigenvalue weighted by molar-refractivity contribution is 0.108. The number of nitriles is 1. The van der Waals surface area contributed by atoms with Crippen LogP contribution in [-0.4, -0.2) is 28.6 Å². The molecule has 0 radical (unpaired) electrons. The number of methoxy groups -OCH3 is 1. The summed E-state index contributed by atoms with van der Waals surface area (Å²) < 4.78 is 7.17. The minimum Gasteiger partial charge on any atom is -0.381 e. The van der Waals surface area contributed by atoms with Gasteiger partial charge in [0.2, 0.25) is 0 Å². The molecular weight excluding hydrogens is 240 g/mol. The summed E-state index contributed by atoms with van der Waals surface area (Å²) in [5.41, 5.74) is 1.36. The molecule has 5 heteroatoms. The zero-order chi connectivity index (χ0) is 13.2. The zero-order valence-electron chi connectivity index (χ0n) is 10.8. The largest absolute Gasteiger partial charge is 0.381 e. The molecule has 2 aromatic rings. The van der Waals surface area contributed by atoms with E-state index in [1.807, 2.05) is 28.8 Å². The van der Waals surface area contributed by atoms with Gasteiger partial charge in [-0.25, -0.2) is 4.98 Å². The number of aromatic nitrogens is 2. The Bertz CT molecular complexity index is 628. The Morgan fingerprint density at radius 3 is 3.11 bits per heavy atom. The predicted octanol–water partition coefficient (Wildman–Crippen LogP) is 2.19. The number of nitrogens with one attached hydrogen (secondary N) is 1. The molecule has 2 heterocycles. The number of nitrogens with zero attached hydrogens (tertiary/aromatic N) is 3. The first-order valence-electron chi connectivity index (χ1n) is 6.48. The first-order valence-corrected chi connectivity index (χ1v) is 6.48. The molecule has 1 aliphatic rings. The van der Waals surface area contributed by atoms with Gasteiger partial charge in [-0.15, -0.1) is 0 Å². The maximum Gasteiger partial charge on any atom is 0.168 e. The third kappa shape index (κ3) is 2.15. The molecule has 98 valence electrons. The molecule has 1 fully saturated rings. The summed E-state index contributed by atoms with van der Waals surface area (Å²) in [4.78, 5) is 4.49. The van der Waals surface area contributed by atoms with Gasteiger partial charge in [-0.3, -0.25) is 4.40 Å². The molecule has 19 heavy (non-hydrogen) atoms. The Balaban J connectivity index is 1.87. The predicted molar refractivity (Wildman–Crippen MR) is 72.0 cm³/mol. The van der Waals surface area contributed by atoms with E-state index in [4.69, 9.17) is 4.74 Å². The summed E-state index contributed by atoms with van der Waals surface area (Å²) >= 11 is 0. The van der Waals surface area contributed by atoms with E-state index in [9.17, 15) is 5.26 Å². The van der Waals surface area contributed by atoms with Crippen molar-refractivity contribution >= 4 is 11.5 Å². The smallest absolute Gasteiger partial charge is 0.168 e. The molecule has 0 amide bonds. The van der Waals surface area contributed by atoms with Crippen LogP contribution in [0.3, 0.4) is 0 Å². The minimum atomic E-state index is 0.320. The summed E-state index contributed by atoms with van der Waals surface area (Å²) in [6, 6.07) is 8.28. The molecular formula is C14H16N4O. The molecule has 0 aliphatic heterocycles. The molecule has 3 rings (SSSR count). The molecule has 5 nitrogen and oxygen atoms in total. The van der Waals surface area contributed by atoms with Crippen molar-refractivity contribution in [1.29, 1.82) is 5.26 Å². The van der Waals surface area contributed by atoms with Crippen molar-refractivity contribution in [3.63, 3.8) is 0 Å². The van der Waals surface area contributed by atoms with Crippen LogP contribution < -0.4 is 5.32 Å². The van der Waals surface area contributed by atoms with Crippen molar-refractivity contribution in [3.8, 4) is 6.07 Å². The van der Waals surface area contributed by atoms with Crippen LogP contribution in [0.1, 0.15) is 25.0 Å². The van der Waals surface area contributed by atoms with E-state index in [0.717, 1.165) is 24.9 Å². The van der Waals surface area contributed by atoms with E-state index in [0.29, 0.717) is 23.7 Å². The maximum absolute atomic E-state index is 9.30. The number of imidazole rings is 1. The van der Waals surface area contributed by atoms with Crippen molar-refractivity contribution in [2.45, 2.75) is 31.4 Å². The van der Waals surface area contributed by atoms with E-state index in [1.54, 1.807) is 7.11 Å². The van der Waals surface area contributed by atoms with Gasteiger partial charge in [0.05, 0.1) is 6.10 Å². The van der Waals surface area contributed by atoms with Gasteiger partial charge in [0, 0.05) is 19.3 Å². The Morgan fingerprint density at radius 2 is 2.37 bits per heavy atom. The van der Waals surface area contributed by atoms with Gasteiger partial charge in [-0.2, -0.15) is 5.26 Å². The first kappa shape index (κ1) is 12.0. The monoisotopic (exact) mass is 256 g/mol. The fourth-order valence-electron chi connectivity index (χ4n) is 2.68. The highest BCUT2D eigenvalue weighted by Gasteiger charge is 2.26. The van der Waals surface area contributed by atoms with Gasteiger partial charge in [0.25, 0.3) is 0 Å². The second-order valence-corrected chi connectivity index (χ2v) is 4.86. The van der Waals surface area contributed by atoms with Crippen molar-refractivity contribution < 1.29 is 4.74 Å². The fourth-order valence-corrected chi connectivity index (χ4v) is 2.68. The molecule has 2 aromatic heterocycles. The average molecular weight is 256 g/mol. The van der Waals surface area contributed by atoms with Gasteiger partial charge in [-0.05, 0) is 31.4 Å². The normalized spacial score (nSPS) is 22.5. The Labute approximate surface area is 111 Å². The lowest BCUT2D eigenvalue weighted by atomic mass is 10.2. The second-order valence-electron chi connectivity index (χ2n) is 4.86. The Hall–Kier alpha value is -2.06. The molecule has 0 saturated heterocycles. The molecule has 1 N–H and O–H groups in total. The van der Waals surface area contributed by atoms with Gasteiger partial charge in [0.15, 0.2) is 11.5 Å². The molecule has 2 atom stereocenters. The number of rotatable bonds is 3. The maximum atomic E-state index is 9.30. The van der Waals surface area contributed by atoms with Crippen LogP contribution in [0.25, 0.3) is 5.65 Å². The third-order valence-corrected chi connectivity index (χ3v) is 3.69. The summed E-state index contributed by atoms with van der Waals surface area (Å²) in [6.45, 7) is 0. The van der Waals surface area contributed by atoms with Crippen molar-refractivity contribution in [2.75, 3.05) is 12.4 Å². The molecule has 1 saturated carbocycles. The summed E-state index contributed by atoms with van der Waals surface area (Å²) in [6.07, 6.45) is 5.26. The van der Waals surface area contributed by atoms with Crippen LogP contribution in [0.4, 0.5) is 5.82 Å². The standard InChI is InChI=1S/C14H16N4O/c1-19-11-6-5-10(8-11)16-14-12(9-15)18-7-3-2-4-13(18)17-14/h2-4,7,10-11,16H,5-6,8H2,1H3. The summed E-state index contributed by atoms with van der Waals surface area (Å²) in [5, 5.41) is 12.7. The van der Waals surface area contributed by atoms with Crippen LogP contribution in [0, 0.1) is 11.3 Å². The fraction of sp³-hybridized carbons (Fsp3) is 0.429. The van der Waals surface area contributed by atoms with Gasteiger partial charge in [0.1, 0.15) is 11.7 Å². The van der Waals surface area contributed by atoms with E-state index in [-0.39, 0.29) is 0 Å². The van der Waals surface area contributed by atoms with Crippen LogP contribution in [0.2, 0.25) is 0 Å². The molecule has 1 aliphatic carbocycles. The van der Waals surface area contributed by atoms with Crippen LogP contribution in [0.5, 0.6) is 0 Å². The molecule has 0 bridgehead atoms. The first-order chi connectivity index (χ1) is 9.31. The zero-order valence-corrected chi connectivity index (χ0v) is 10.8. The number of fused-ring (bicyclic) bond motifs is 1. The average Bonchev–Trinajstić information content (AvgIpc) is 3.02. The number of hydrogen-bond donors (Lipinski definition) is 1. The van der Waals surface area contributed by atoms with Crippen molar-refractivity contribution in [3.05, 3.63) is 30.1 Å². The lowest BCUT2D eigenvalue weighted by Crippen LogP contribution is -2.18. The molecule has 0 aromatic carbocycles. The number of ether oxygens (including phenoxy) is 1. The Kier molecular flexibility index (Phi) is 3.10. The molecule has 2 unspecified atom stereocenters. The van der Waals surface area contributed by atoms with Crippen LogP contribution >= 0.6 is 0 Å². The Morgan fingerprint density at radius 1 is 1.47 bits per heavy atom. The van der Waals surface area contributed by atoms with Crippen molar-refractivity contribution in [2.24, 2.45) is 0 Å². The lowest BCUT2D eigenvalue weighted by Gasteiger charge is -2.12. The van der Waals surface area contributed by atoms with Gasteiger partial charge >= 0.3 is 0 Å². The number of pyridine rings is 1. The minimum absolute atomic E-state index is 0.320. The summed E-state index contributed by atoms with van der Waals surface area (Å²) in [7, 11) is 1.75. The van der Waals surface area contributed by atoms with E-state index < -0.39 is 0 Å². The highest BCUT2D eigenvalue weighted by Crippen LogP contribution is 2.26. The SMILES string of the molecule is COC1CCC(Nc2nc3ccccn3c2C#N)C1. The topological polar surface area (TPSA) is 62.4 Å². The second kappa shape index (κ2) is 4.90. The van der Waals surface area contributed by atoms with Gasteiger partial charge < -0.3 is 10.1 Å². The van der Waals surface area contributed by atoms with Crippen LogP contribution in [-0.2, 0) is 4.74 Å². The number of hydrogen-bond acceptors (Lipinski definition) is 4.